The molecule has 228 valence electrons. The molecule has 1 fully saturated rings. The molecule has 6 nitrogen and oxygen atoms in total. The van der Waals surface area contributed by atoms with Gasteiger partial charge in [-0.25, -0.2) is 0 Å². The van der Waals surface area contributed by atoms with Crippen molar-refractivity contribution in [3.8, 4) is 0 Å². The van der Waals surface area contributed by atoms with E-state index in [0.717, 1.165) is 36.3 Å². The maximum atomic E-state index is 12.7. The average molecular weight is 599 g/mol. The second-order valence-corrected chi connectivity index (χ2v) is 11.4. The Labute approximate surface area is 264 Å². The lowest BCUT2D eigenvalue weighted by molar-refractivity contribution is -0.253. The number of benzene rings is 5. The summed E-state index contributed by atoms with van der Waals surface area (Å²) in [6.07, 6.45) is -0.175. The number of ether oxygens (including phenoxy) is 2. The van der Waals surface area contributed by atoms with E-state index < -0.39 is 6.29 Å². The standard InChI is InChI=1S/C39H38N2O4/c42-28-31-16-18-32(19-17-31)37-24-36(27-41(25-29-10-4-1-5-11-29)26-30-12-6-2-7-13-30)44-39(45-37)34-20-22-35(23-21-34)40-38(43)33-14-8-3-9-15-33/h1-23,36-37,39,42H,24-28H2,(H,40,43)/t36-,37+,39+/m1/s1. The molecule has 45 heavy (non-hydrogen) atoms. The van der Waals surface area contributed by atoms with Crippen molar-refractivity contribution in [3.05, 3.63) is 173 Å². The molecule has 6 rings (SSSR count). The van der Waals surface area contributed by atoms with Crippen LogP contribution in [0, 0.1) is 0 Å². The summed E-state index contributed by atoms with van der Waals surface area (Å²) in [7, 11) is 0. The van der Waals surface area contributed by atoms with E-state index in [2.05, 4.69) is 58.7 Å². The van der Waals surface area contributed by atoms with E-state index in [0.29, 0.717) is 17.7 Å². The van der Waals surface area contributed by atoms with Gasteiger partial charge in [0.05, 0.1) is 18.8 Å². The van der Waals surface area contributed by atoms with Crippen LogP contribution in [0.25, 0.3) is 0 Å². The van der Waals surface area contributed by atoms with Crippen LogP contribution in [0.5, 0.6) is 0 Å². The number of carbonyl (C=O) groups excluding carboxylic acids is 1. The number of rotatable bonds is 11. The lowest BCUT2D eigenvalue weighted by atomic mass is 9.99. The lowest BCUT2D eigenvalue weighted by Gasteiger charge is -2.38. The van der Waals surface area contributed by atoms with Crippen molar-refractivity contribution >= 4 is 11.6 Å². The van der Waals surface area contributed by atoms with E-state index in [4.69, 9.17) is 9.47 Å². The molecular weight excluding hydrogens is 560 g/mol. The smallest absolute Gasteiger partial charge is 0.255 e. The molecular formula is C39H38N2O4. The molecule has 0 bridgehead atoms. The van der Waals surface area contributed by atoms with Gasteiger partial charge >= 0.3 is 0 Å². The van der Waals surface area contributed by atoms with Crippen molar-refractivity contribution in [2.75, 3.05) is 11.9 Å². The highest BCUT2D eigenvalue weighted by atomic mass is 16.7. The number of hydrogen-bond donors (Lipinski definition) is 2. The van der Waals surface area contributed by atoms with Gasteiger partial charge in [0.15, 0.2) is 6.29 Å². The van der Waals surface area contributed by atoms with Gasteiger partial charge in [0.25, 0.3) is 5.91 Å². The predicted octanol–water partition coefficient (Wildman–Crippen LogP) is 7.68. The molecule has 2 N–H and O–H groups in total. The number of hydrogen-bond acceptors (Lipinski definition) is 5. The monoisotopic (exact) mass is 598 g/mol. The molecule has 6 heteroatoms. The third kappa shape index (κ3) is 8.32. The summed E-state index contributed by atoms with van der Waals surface area (Å²) >= 11 is 0. The molecule has 1 aliphatic rings. The van der Waals surface area contributed by atoms with Crippen LogP contribution in [0.1, 0.15) is 57.0 Å². The Bertz CT molecular complexity index is 1590. The topological polar surface area (TPSA) is 71.0 Å². The SMILES string of the molecule is O=C(Nc1ccc([C@H]2O[C@@H](CN(Cc3ccccc3)Cc3ccccc3)C[C@@H](c3ccc(CO)cc3)O2)cc1)c1ccccc1. The molecule has 1 heterocycles. The Hall–Kier alpha value is -4.59. The van der Waals surface area contributed by atoms with Crippen LogP contribution < -0.4 is 5.32 Å². The van der Waals surface area contributed by atoms with Crippen LogP contribution >= 0.6 is 0 Å². The summed E-state index contributed by atoms with van der Waals surface area (Å²) in [6, 6.07) is 45.8. The van der Waals surface area contributed by atoms with Crippen LogP contribution in [0.3, 0.4) is 0 Å². The van der Waals surface area contributed by atoms with Crippen molar-refractivity contribution in [3.63, 3.8) is 0 Å². The zero-order chi connectivity index (χ0) is 30.8. The zero-order valence-electron chi connectivity index (χ0n) is 25.2. The van der Waals surface area contributed by atoms with Crippen LogP contribution in [0.15, 0.2) is 140 Å². The highest BCUT2D eigenvalue weighted by Crippen LogP contribution is 2.38. The molecule has 5 aromatic carbocycles. The summed E-state index contributed by atoms with van der Waals surface area (Å²) in [5.74, 6) is -0.156. The number of anilines is 1. The van der Waals surface area contributed by atoms with E-state index in [-0.39, 0.29) is 24.7 Å². The summed E-state index contributed by atoms with van der Waals surface area (Å²) in [6.45, 7) is 2.32. The second kappa shape index (κ2) is 14.9. The molecule has 0 spiro atoms. The Kier molecular flexibility index (Phi) is 10.1. The van der Waals surface area contributed by atoms with Crippen molar-refractivity contribution in [1.82, 2.24) is 4.90 Å². The third-order valence-electron chi connectivity index (χ3n) is 8.05. The summed E-state index contributed by atoms with van der Waals surface area (Å²) in [5, 5.41) is 12.5. The highest BCUT2D eigenvalue weighted by Gasteiger charge is 2.33. The molecule has 1 saturated heterocycles. The predicted molar refractivity (Wildman–Crippen MR) is 176 cm³/mol. The highest BCUT2D eigenvalue weighted by molar-refractivity contribution is 6.04. The molecule has 0 aliphatic carbocycles. The first-order chi connectivity index (χ1) is 22.1. The van der Waals surface area contributed by atoms with Gasteiger partial charge in [-0.2, -0.15) is 0 Å². The fourth-order valence-electron chi connectivity index (χ4n) is 5.71. The van der Waals surface area contributed by atoms with Gasteiger partial charge in [-0.1, -0.05) is 115 Å². The first-order valence-electron chi connectivity index (χ1n) is 15.4. The van der Waals surface area contributed by atoms with Gasteiger partial charge in [0, 0.05) is 42.9 Å². The number of nitrogens with one attached hydrogen (secondary N) is 1. The Morgan fingerprint density at radius 2 is 1.22 bits per heavy atom. The minimum Gasteiger partial charge on any atom is -0.392 e. The number of carbonyl (C=O) groups is 1. The minimum atomic E-state index is -0.583. The van der Waals surface area contributed by atoms with Gasteiger partial charge in [-0.3, -0.25) is 9.69 Å². The second-order valence-electron chi connectivity index (χ2n) is 11.4. The van der Waals surface area contributed by atoms with Crippen LogP contribution in [0.4, 0.5) is 5.69 Å². The van der Waals surface area contributed by atoms with Gasteiger partial charge in [-0.05, 0) is 46.5 Å². The maximum absolute atomic E-state index is 12.7. The summed E-state index contributed by atoms with van der Waals surface area (Å²) < 4.78 is 13.3. The number of aliphatic hydroxyl groups excluding tert-OH is 1. The molecule has 3 atom stereocenters. The third-order valence-corrected chi connectivity index (χ3v) is 8.05. The van der Waals surface area contributed by atoms with Gasteiger partial charge < -0.3 is 19.9 Å². The lowest BCUT2D eigenvalue weighted by Crippen LogP contribution is -2.39. The minimum absolute atomic E-state index is 0.00125. The molecule has 1 amide bonds. The van der Waals surface area contributed by atoms with Gasteiger partial charge in [-0.15, -0.1) is 0 Å². The van der Waals surface area contributed by atoms with Crippen molar-refractivity contribution < 1.29 is 19.4 Å². The molecule has 0 saturated carbocycles. The quantitative estimate of drug-likeness (QED) is 0.163. The molecule has 5 aromatic rings. The van der Waals surface area contributed by atoms with E-state index in [1.807, 2.05) is 78.9 Å². The normalized spacial score (nSPS) is 18.0. The van der Waals surface area contributed by atoms with E-state index in [9.17, 15) is 9.90 Å². The van der Waals surface area contributed by atoms with Crippen molar-refractivity contribution in [1.29, 1.82) is 0 Å². The summed E-state index contributed by atoms with van der Waals surface area (Å²) in [4.78, 5) is 15.1. The molecule has 1 aliphatic heterocycles. The Morgan fingerprint density at radius 1 is 0.667 bits per heavy atom. The fraction of sp³-hybridized carbons (Fsp3) is 0.205. The maximum Gasteiger partial charge on any atom is 0.255 e. The Morgan fingerprint density at radius 3 is 1.80 bits per heavy atom. The molecule has 0 aromatic heterocycles. The zero-order valence-corrected chi connectivity index (χ0v) is 25.2. The summed E-state index contributed by atoms with van der Waals surface area (Å²) in [5.41, 5.74) is 6.61. The molecule has 0 unspecified atom stereocenters. The van der Waals surface area contributed by atoms with Crippen LogP contribution in [-0.2, 0) is 29.2 Å². The van der Waals surface area contributed by atoms with E-state index in [1.54, 1.807) is 12.1 Å². The largest absolute Gasteiger partial charge is 0.392 e. The fourth-order valence-corrected chi connectivity index (χ4v) is 5.71. The Balaban J connectivity index is 1.22. The first kappa shape index (κ1) is 30.4. The van der Waals surface area contributed by atoms with Gasteiger partial charge in [0.1, 0.15) is 0 Å². The van der Waals surface area contributed by atoms with E-state index >= 15 is 0 Å². The number of nitrogens with zero attached hydrogens (tertiary/aromatic N) is 1. The molecule has 0 radical (unpaired) electrons. The average Bonchev–Trinajstić information content (AvgIpc) is 3.10. The first-order valence-corrected chi connectivity index (χ1v) is 15.4. The number of aliphatic hydroxyl groups is 1. The van der Waals surface area contributed by atoms with Crippen LogP contribution in [0.2, 0.25) is 0 Å². The number of amides is 1. The van der Waals surface area contributed by atoms with E-state index in [1.165, 1.54) is 11.1 Å². The van der Waals surface area contributed by atoms with Crippen molar-refractivity contribution in [2.24, 2.45) is 0 Å². The van der Waals surface area contributed by atoms with Crippen LogP contribution in [-0.4, -0.2) is 28.6 Å². The van der Waals surface area contributed by atoms with Crippen molar-refractivity contribution in [2.45, 2.75) is 44.6 Å². The van der Waals surface area contributed by atoms with Gasteiger partial charge in [0.2, 0.25) is 0 Å².